The third-order valence-corrected chi connectivity index (χ3v) is 8.42. The highest BCUT2D eigenvalue weighted by Gasteiger charge is 2.42. The number of alkyl halides is 3. The number of nitriles is 1. The van der Waals surface area contributed by atoms with Crippen LogP contribution in [-0.4, -0.2) is 72.0 Å². The molecule has 244 valence electrons. The van der Waals surface area contributed by atoms with Crippen LogP contribution in [0.1, 0.15) is 48.1 Å². The number of fused-ring (bicyclic) bond motifs is 1. The third kappa shape index (κ3) is 6.68. The van der Waals surface area contributed by atoms with E-state index in [2.05, 4.69) is 35.7 Å². The van der Waals surface area contributed by atoms with E-state index in [4.69, 9.17) is 14.6 Å². The molecule has 2 aliphatic heterocycles. The summed E-state index contributed by atoms with van der Waals surface area (Å²) >= 11 is 0. The lowest BCUT2D eigenvalue weighted by atomic mass is 9.89. The second-order valence-electron chi connectivity index (χ2n) is 11.5. The van der Waals surface area contributed by atoms with Gasteiger partial charge in [0.25, 0.3) is 0 Å². The fourth-order valence-electron chi connectivity index (χ4n) is 6.23. The molecule has 3 aromatic rings. The van der Waals surface area contributed by atoms with Crippen molar-refractivity contribution >= 4 is 24.1 Å². The highest BCUT2D eigenvalue weighted by atomic mass is 19.4. The number of carbonyl (C=O) groups is 2. The van der Waals surface area contributed by atoms with Crippen molar-refractivity contribution in [2.24, 2.45) is 0 Å². The normalized spacial score (nSPS) is 17.0. The summed E-state index contributed by atoms with van der Waals surface area (Å²) in [5, 5.41) is 28.0. The van der Waals surface area contributed by atoms with Crippen LogP contribution in [-0.2, 0) is 27.0 Å². The maximum absolute atomic E-state index is 13.6. The summed E-state index contributed by atoms with van der Waals surface area (Å²) in [4.78, 5) is 36.5. The van der Waals surface area contributed by atoms with Gasteiger partial charge < -0.3 is 24.4 Å². The van der Waals surface area contributed by atoms with Gasteiger partial charge >= 0.3 is 17.8 Å². The molecule has 0 unspecified atom stereocenters. The number of allylic oxidation sites excluding steroid dienone is 1. The van der Waals surface area contributed by atoms with E-state index in [9.17, 15) is 28.0 Å². The SMILES string of the molecule is COC(=O)C1=C(C)N(c2cccc(C(F)(F)F)c2)c2n[nH]c(=O)n2[C@@H]1c1ccc(C#N)cc1C[N+](C)(C)C1CCNCC1.O=C[O-]. The van der Waals surface area contributed by atoms with Crippen molar-refractivity contribution < 1.29 is 37.1 Å². The van der Waals surface area contributed by atoms with Crippen molar-refractivity contribution in [1.82, 2.24) is 20.1 Å². The Kier molecular flexibility index (Phi) is 10.0. The second-order valence-corrected chi connectivity index (χ2v) is 11.5. The van der Waals surface area contributed by atoms with Gasteiger partial charge in [-0.1, -0.05) is 12.1 Å². The Hall–Kier alpha value is -4.94. The molecule has 0 saturated carbocycles. The average Bonchev–Trinajstić information content (AvgIpc) is 3.41. The molecular weight excluding hydrogens is 607 g/mol. The number of methoxy groups -OCH3 is 1. The number of ether oxygens (including phenoxy) is 1. The third-order valence-electron chi connectivity index (χ3n) is 8.42. The molecule has 2 aliphatic rings. The number of aromatic nitrogens is 3. The number of hydrogen-bond acceptors (Lipinski definition) is 9. The topological polar surface area (TPSA) is 156 Å². The molecule has 46 heavy (non-hydrogen) atoms. The Labute approximate surface area is 262 Å². The Bertz CT molecular complexity index is 1730. The maximum Gasteiger partial charge on any atom is 0.416 e. The number of halogens is 3. The molecule has 12 nitrogen and oxygen atoms in total. The van der Waals surface area contributed by atoms with Crippen LogP contribution in [0, 0.1) is 11.3 Å². The highest BCUT2D eigenvalue weighted by Crippen LogP contribution is 2.44. The van der Waals surface area contributed by atoms with Gasteiger partial charge in [0.2, 0.25) is 5.95 Å². The standard InChI is InChI=1S/C30H32F3N7O3.CH2O2/c1-18-25(27(41)43-4)26(24-9-8-19(16-34)14-20(24)17-40(2,3)23-10-12-35-13-11-23)39-28(36-37-29(39)42)38(18)22-7-5-6-21(15-22)30(31,32)33;2-1-3/h5-9,14-15,23,26,35H,10-13,17H2,1-4H3;1H,(H,2,3)/t26-;/m1./s1. The maximum atomic E-state index is 13.6. The zero-order valence-corrected chi connectivity index (χ0v) is 25.7. The first-order valence-corrected chi connectivity index (χ1v) is 14.3. The van der Waals surface area contributed by atoms with Gasteiger partial charge in [-0.2, -0.15) is 18.4 Å². The Morgan fingerprint density at radius 1 is 1.22 bits per heavy atom. The summed E-state index contributed by atoms with van der Waals surface area (Å²) in [6, 6.07) is 11.2. The second kappa shape index (κ2) is 13.6. The molecule has 0 radical (unpaired) electrons. The Morgan fingerprint density at radius 3 is 2.50 bits per heavy atom. The number of nitrogens with zero attached hydrogens (tertiary/aromatic N) is 5. The van der Waals surface area contributed by atoms with Crippen molar-refractivity contribution in [3.05, 3.63) is 86.5 Å². The first-order valence-electron chi connectivity index (χ1n) is 14.3. The molecule has 2 N–H and O–H groups in total. The molecule has 1 aromatic heterocycles. The number of piperidine rings is 1. The number of carboxylic acid groups (broad SMARTS) is 1. The monoisotopic (exact) mass is 641 g/mol. The highest BCUT2D eigenvalue weighted by molar-refractivity contribution is 5.93. The summed E-state index contributed by atoms with van der Waals surface area (Å²) in [6.07, 6.45) is -2.68. The lowest BCUT2D eigenvalue weighted by Crippen LogP contribution is -2.52. The van der Waals surface area contributed by atoms with E-state index >= 15 is 0 Å². The van der Waals surface area contributed by atoms with E-state index in [1.165, 1.54) is 28.7 Å². The molecular formula is C31H34F3N7O5. The molecule has 1 fully saturated rings. The number of nitrogens with one attached hydrogen (secondary N) is 2. The Morgan fingerprint density at radius 2 is 1.89 bits per heavy atom. The van der Waals surface area contributed by atoms with Crippen molar-refractivity contribution in [3.63, 3.8) is 0 Å². The predicted molar refractivity (Wildman–Crippen MR) is 158 cm³/mol. The molecule has 1 saturated heterocycles. The molecule has 0 spiro atoms. The van der Waals surface area contributed by atoms with E-state index in [0.717, 1.165) is 43.6 Å². The summed E-state index contributed by atoms with van der Waals surface area (Å²) in [5.41, 5.74) is 0.603. The molecule has 3 heterocycles. The molecule has 0 bridgehead atoms. The van der Waals surface area contributed by atoms with Crippen LogP contribution in [0.4, 0.5) is 24.8 Å². The van der Waals surface area contributed by atoms with Crippen LogP contribution in [0.15, 0.2) is 58.5 Å². The first kappa shape index (κ1) is 33.9. The number of benzene rings is 2. The van der Waals surface area contributed by atoms with Crippen LogP contribution in [0.3, 0.4) is 0 Å². The summed E-state index contributed by atoms with van der Waals surface area (Å²) in [7, 11) is 5.44. The molecule has 0 aliphatic carbocycles. The van der Waals surface area contributed by atoms with E-state index in [0.29, 0.717) is 28.2 Å². The molecule has 5 rings (SSSR count). The average molecular weight is 642 g/mol. The minimum Gasteiger partial charge on any atom is -0.554 e. The number of anilines is 2. The molecule has 2 aromatic carbocycles. The van der Waals surface area contributed by atoms with Crippen molar-refractivity contribution in [3.8, 4) is 6.07 Å². The van der Waals surface area contributed by atoms with Crippen LogP contribution < -0.4 is 21.0 Å². The van der Waals surface area contributed by atoms with Gasteiger partial charge in [0, 0.05) is 49.4 Å². The Balaban J connectivity index is 0.00000154. The minimum atomic E-state index is -4.61. The van der Waals surface area contributed by atoms with Crippen molar-refractivity contribution in [1.29, 1.82) is 5.26 Å². The van der Waals surface area contributed by atoms with E-state index in [1.807, 2.05) is 0 Å². The van der Waals surface area contributed by atoms with Gasteiger partial charge in [-0.25, -0.2) is 19.3 Å². The number of carbonyl (C=O) groups excluding carboxylic acids is 2. The quantitative estimate of drug-likeness (QED) is 0.234. The number of H-pyrrole nitrogens is 1. The predicted octanol–water partition coefficient (Wildman–Crippen LogP) is 2.34. The fraction of sp³-hybridized carbons (Fsp3) is 0.387. The molecule has 1 atom stereocenters. The molecule has 15 heteroatoms. The summed E-state index contributed by atoms with van der Waals surface area (Å²) < 4.78 is 48.0. The zero-order valence-electron chi connectivity index (χ0n) is 25.7. The number of rotatable bonds is 6. The van der Waals surface area contributed by atoms with E-state index in [-0.39, 0.29) is 22.9 Å². The van der Waals surface area contributed by atoms with Crippen LogP contribution in [0.2, 0.25) is 0 Å². The number of quaternary nitrogens is 1. The van der Waals surface area contributed by atoms with Gasteiger partial charge in [0.15, 0.2) is 0 Å². The van der Waals surface area contributed by atoms with Gasteiger partial charge in [0.1, 0.15) is 12.6 Å². The zero-order chi connectivity index (χ0) is 33.8. The van der Waals surface area contributed by atoms with Gasteiger partial charge in [-0.05, 0) is 42.8 Å². The van der Waals surface area contributed by atoms with Crippen LogP contribution in [0.25, 0.3) is 0 Å². The number of hydrogen-bond donors (Lipinski definition) is 2. The minimum absolute atomic E-state index is 0.0156. The van der Waals surface area contributed by atoms with E-state index < -0.39 is 35.9 Å². The smallest absolute Gasteiger partial charge is 0.416 e. The van der Waals surface area contributed by atoms with Gasteiger partial charge in [0.05, 0.1) is 50.0 Å². The van der Waals surface area contributed by atoms with Crippen LogP contribution >= 0.6 is 0 Å². The first-order chi connectivity index (χ1) is 21.8. The van der Waals surface area contributed by atoms with E-state index in [1.54, 1.807) is 25.1 Å². The fourth-order valence-corrected chi connectivity index (χ4v) is 6.23. The molecule has 0 amide bonds. The lowest BCUT2D eigenvalue weighted by molar-refractivity contribution is -0.929. The lowest BCUT2D eigenvalue weighted by Gasteiger charge is -2.41. The largest absolute Gasteiger partial charge is 0.554 e. The number of esters is 1. The van der Waals surface area contributed by atoms with Crippen molar-refractivity contribution in [2.45, 2.75) is 44.6 Å². The number of aromatic amines is 1. The van der Waals surface area contributed by atoms with Gasteiger partial charge in [-0.3, -0.25) is 4.90 Å². The summed E-state index contributed by atoms with van der Waals surface area (Å²) in [6.45, 7) is 3.38. The summed E-state index contributed by atoms with van der Waals surface area (Å²) in [5.74, 6) is -0.734. The van der Waals surface area contributed by atoms with Gasteiger partial charge in [-0.15, -0.1) is 5.10 Å². The van der Waals surface area contributed by atoms with Crippen molar-refractivity contribution in [2.75, 3.05) is 39.2 Å². The van der Waals surface area contributed by atoms with Crippen LogP contribution in [0.5, 0.6) is 0 Å².